The molecular weight excluding hydrogens is 540 g/mol. The second kappa shape index (κ2) is 13.6. The molecule has 0 spiro atoms. The Morgan fingerprint density at radius 3 is 2.36 bits per heavy atom. The Labute approximate surface area is 231 Å². The molecule has 2 N–H and O–H groups in total. The number of anilines is 1. The highest BCUT2D eigenvalue weighted by Gasteiger charge is 2.25. The molecule has 1 fully saturated rings. The first-order chi connectivity index (χ1) is 18.8. The Hall–Kier alpha value is -3.45. The number of carbonyl (C=O) groups excluding carboxylic acids is 1. The minimum absolute atomic E-state index is 0.128. The third-order valence-electron chi connectivity index (χ3n) is 6.19. The first-order valence-electron chi connectivity index (χ1n) is 12.5. The van der Waals surface area contributed by atoms with Crippen LogP contribution in [0.4, 0.5) is 11.4 Å². The third-order valence-corrected chi connectivity index (χ3v) is 8.69. The van der Waals surface area contributed by atoms with E-state index in [-0.39, 0.29) is 27.9 Å². The van der Waals surface area contributed by atoms with Crippen LogP contribution in [0.15, 0.2) is 88.7 Å². The number of thioether (sulfide) groups is 1. The first kappa shape index (κ1) is 28.6. The monoisotopic (exact) mass is 570 g/mol. The molecule has 0 bridgehead atoms. The Balaban J connectivity index is 1.51. The van der Waals surface area contributed by atoms with Gasteiger partial charge in [-0.1, -0.05) is 36.4 Å². The van der Waals surface area contributed by atoms with E-state index in [1.165, 1.54) is 24.3 Å². The summed E-state index contributed by atoms with van der Waals surface area (Å²) in [6, 6.07) is 21.2. The van der Waals surface area contributed by atoms with E-state index < -0.39 is 20.9 Å². The molecule has 0 unspecified atom stereocenters. The molecule has 0 radical (unpaired) electrons. The van der Waals surface area contributed by atoms with Gasteiger partial charge in [0.2, 0.25) is 0 Å². The fourth-order valence-electron chi connectivity index (χ4n) is 4.07. The summed E-state index contributed by atoms with van der Waals surface area (Å²) >= 11 is 1.64. The summed E-state index contributed by atoms with van der Waals surface area (Å²) in [5.74, 6) is -0.167. The molecule has 1 amide bonds. The number of ether oxygens (including phenoxy) is 1. The largest absolute Gasteiger partial charge is 0.379 e. The zero-order chi connectivity index (χ0) is 27.7. The van der Waals surface area contributed by atoms with Crippen LogP contribution in [0.3, 0.4) is 0 Å². The van der Waals surface area contributed by atoms with Crippen molar-refractivity contribution in [3.8, 4) is 0 Å². The fourth-order valence-corrected chi connectivity index (χ4v) is 6.06. The summed E-state index contributed by atoms with van der Waals surface area (Å²) in [6.07, 6.45) is 0.726. The molecule has 3 aromatic rings. The Bertz CT molecular complexity index is 1370. The minimum Gasteiger partial charge on any atom is -0.379 e. The quantitative estimate of drug-likeness (QED) is 0.188. The van der Waals surface area contributed by atoms with Gasteiger partial charge in [-0.3, -0.25) is 19.8 Å². The van der Waals surface area contributed by atoms with Crippen molar-refractivity contribution in [2.45, 2.75) is 22.3 Å². The molecule has 1 heterocycles. The maximum atomic E-state index is 12.9. The van der Waals surface area contributed by atoms with Gasteiger partial charge < -0.3 is 10.1 Å². The highest BCUT2D eigenvalue weighted by atomic mass is 32.2. The molecule has 1 aliphatic heterocycles. The van der Waals surface area contributed by atoms with Crippen LogP contribution < -0.4 is 10.0 Å². The predicted octanol–water partition coefficient (Wildman–Crippen LogP) is 4.01. The van der Waals surface area contributed by atoms with Gasteiger partial charge in [-0.25, -0.2) is 13.1 Å². The van der Waals surface area contributed by atoms with Crippen LogP contribution in [-0.4, -0.2) is 68.8 Å². The van der Waals surface area contributed by atoms with Crippen LogP contribution in [-0.2, 0) is 14.8 Å². The van der Waals surface area contributed by atoms with Gasteiger partial charge in [0, 0.05) is 48.0 Å². The van der Waals surface area contributed by atoms with Gasteiger partial charge in [0.1, 0.15) is 5.69 Å². The zero-order valence-corrected chi connectivity index (χ0v) is 22.8. The third kappa shape index (κ3) is 8.27. The predicted molar refractivity (Wildman–Crippen MR) is 151 cm³/mol. The number of nitro benzene ring substituents is 1. The molecule has 3 aromatic carbocycles. The van der Waals surface area contributed by atoms with E-state index in [1.807, 2.05) is 35.1 Å². The fraction of sp³-hybridized carbons (Fsp3) is 0.296. The average molecular weight is 571 g/mol. The van der Waals surface area contributed by atoms with Crippen molar-refractivity contribution in [3.63, 3.8) is 0 Å². The lowest BCUT2D eigenvalue weighted by Crippen LogP contribution is -2.39. The number of sulfonamides is 1. The van der Waals surface area contributed by atoms with Crippen molar-refractivity contribution in [3.05, 3.63) is 94.5 Å². The second-order valence-electron chi connectivity index (χ2n) is 8.94. The minimum atomic E-state index is -4.33. The van der Waals surface area contributed by atoms with Crippen LogP contribution in [0.2, 0.25) is 0 Å². The number of nitrogens with zero attached hydrogens (tertiary/aromatic N) is 2. The number of morpholine rings is 1. The van der Waals surface area contributed by atoms with Gasteiger partial charge >= 0.3 is 0 Å². The highest BCUT2D eigenvalue weighted by molar-refractivity contribution is 7.99. The standard InChI is InChI=1S/C27H30N4O6S2/c32-27(21-7-3-1-4-8-21)29-39(35,36)24-11-12-25(26(19-24)31(33)34)28-22(13-14-30-15-17-37-18-16-30)20-38-23-9-5-2-6-10-23/h1-12,19,22,28H,13-18,20H2,(H,29,32)/t22-/m1/s1. The van der Waals surface area contributed by atoms with Crippen molar-refractivity contribution < 1.29 is 22.9 Å². The summed E-state index contributed by atoms with van der Waals surface area (Å²) in [4.78, 5) is 26.8. The number of carbonyl (C=O) groups is 1. The molecule has 0 saturated carbocycles. The van der Waals surface area contributed by atoms with Crippen molar-refractivity contribution in [2.75, 3.05) is 43.9 Å². The number of rotatable bonds is 12. The van der Waals surface area contributed by atoms with E-state index in [0.29, 0.717) is 19.0 Å². The van der Waals surface area contributed by atoms with Crippen LogP contribution in [0, 0.1) is 10.1 Å². The molecule has 1 saturated heterocycles. The van der Waals surface area contributed by atoms with Gasteiger partial charge in [0.15, 0.2) is 0 Å². The molecule has 4 rings (SSSR count). The first-order valence-corrected chi connectivity index (χ1v) is 14.9. The Morgan fingerprint density at radius 2 is 1.69 bits per heavy atom. The normalized spacial score (nSPS) is 14.9. The molecular formula is C27H30N4O6S2. The zero-order valence-electron chi connectivity index (χ0n) is 21.2. The Morgan fingerprint density at radius 1 is 1.03 bits per heavy atom. The van der Waals surface area contributed by atoms with Gasteiger partial charge in [-0.15, -0.1) is 11.8 Å². The molecule has 1 aliphatic rings. The molecule has 10 nitrogen and oxygen atoms in total. The SMILES string of the molecule is O=C(NS(=O)(=O)c1ccc(N[C@H](CCN2CCOCC2)CSc2ccccc2)c([N+](=O)[O-])c1)c1ccccc1. The summed E-state index contributed by atoms with van der Waals surface area (Å²) in [5, 5.41) is 15.2. The molecule has 0 aromatic heterocycles. The van der Waals surface area contributed by atoms with Crippen molar-refractivity contribution in [1.29, 1.82) is 0 Å². The van der Waals surface area contributed by atoms with E-state index >= 15 is 0 Å². The number of hydrogen-bond donors (Lipinski definition) is 2. The highest BCUT2D eigenvalue weighted by Crippen LogP contribution is 2.30. The number of amides is 1. The van der Waals surface area contributed by atoms with E-state index in [9.17, 15) is 23.3 Å². The van der Waals surface area contributed by atoms with Crippen LogP contribution in [0.1, 0.15) is 16.8 Å². The van der Waals surface area contributed by atoms with Gasteiger partial charge in [-0.05, 0) is 42.8 Å². The summed E-state index contributed by atoms with van der Waals surface area (Å²) < 4.78 is 33.1. The second-order valence-corrected chi connectivity index (χ2v) is 11.7. The molecule has 12 heteroatoms. The van der Waals surface area contributed by atoms with Gasteiger partial charge in [-0.2, -0.15) is 0 Å². The smallest absolute Gasteiger partial charge is 0.293 e. The van der Waals surface area contributed by atoms with Crippen molar-refractivity contribution >= 4 is 39.1 Å². The number of nitro groups is 1. The van der Waals surface area contributed by atoms with E-state index in [1.54, 1.807) is 30.0 Å². The summed E-state index contributed by atoms with van der Waals surface area (Å²) in [5.41, 5.74) is -0.00650. The van der Waals surface area contributed by atoms with Crippen LogP contribution >= 0.6 is 11.8 Å². The summed E-state index contributed by atoms with van der Waals surface area (Å²) in [7, 11) is -4.33. The topological polar surface area (TPSA) is 131 Å². The average Bonchev–Trinajstić information content (AvgIpc) is 2.95. The van der Waals surface area contributed by atoms with E-state index in [0.717, 1.165) is 37.0 Å². The van der Waals surface area contributed by atoms with Crippen LogP contribution in [0.5, 0.6) is 0 Å². The number of hydrogen-bond acceptors (Lipinski definition) is 9. The Kier molecular flexibility index (Phi) is 9.93. The van der Waals surface area contributed by atoms with Gasteiger partial charge in [0.25, 0.3) is 21.6 Å². The summed E-state index contributed by atoms with van der Waals surface area (Å²) in [6.45, 7) is 3.82. The maximum Gasteiger partial charge on any atom is 0.293 e. The van der Waals surface area contributed by atoms with Crippen LogP contribution in [0.25, 0.3) is 0 Å². The molecule has 0 aliphatic carbocycles. The van der Waals surface area contributed by atoms with Crippen molar-refractivity contribution in [1.82, 2.24) is 9.62 Å². The number of benzene rings is 3. The van der Waals surface area contributed by atoms with E-state index in [2.05, 4.69) is 10.2 Å². The molecule has 1 atom stereocenters. The van der Waals surface area contributed by atoms with Gasteiger partial charge in [0.05, 0.1) is 23.0 Å². The number of nitrogens with one attached hydrogen (secondary N) is 2. The lowest BCUT2D eigenvalue weighted by atomic mass is 10.2. The lowest BCUT2D eigenvalue weighted by Gasteiger charge is -2.29. The molecule has 206 valence electrons. The molecule has 39 heavy (non-hydrogen) atoms. The lowest BCUT2D eigenvalue weighted by molar-refractivity contribution is -0.384. The maximum absolute atomic E-state index is 12.9. The van der Waals surface area contributed by atoms with Crippen molar-refractivity contribution in [2.24, 2.45) is 0 Å². The van der Waals surface area contributed by atoms with E-state index in [4.69, 9.17) is 4.74 Å².